The third kappa shape index (κ3) is 6.21. The van der Waals surface area contributed by atoms with Crippen LogP contribution < -0.4 is 14.8 Å². The first-order valence-electron chi connectivity index (χ1n) is 9.61. The van der Waals surface area contributed by atoms with Gasteiger partial charge < -0.3 is 19.5 Å². The van der Waals surface area contributed by atoms with Crippen molar-refractivity contribution in [3.05, 3.63) is 95.6 Å². The predicted octanol–water partition coefficient (Wildman–Crippen LogP) is 4.71. The summed E-state index contributed by atoms with van der Waals surface area (Å²) in [5.41, 5.74) is 2.75. The summed E-state index contributed by atoms with van der Waals surface area (Å²) in [5.74, 6) is 0.570. The molecule has 0 bridgehead atoms. The molecule has 0 fully saturated rings. The Hall–Kier alpha value is -4.06. The fourth-order valence-electron chi connectivity index (χ4n) is 2.79. The Balaban J connectivity index is 1.53. The number of benzene rings is 3. The molecule has 6 nitrogen and oxygen atoms in total. The molecule has 1 amide bonds. The third-order valence-corrected chi connectivity index (χ3v) is 4.47. The number of esters is 1. The molecule has 0 aliphatic carbocycles. The molecule has 0 aliphatic heterocycles. The highest BCUT2D eigenvalue weighted by atomic mass is 16.5. The van der Waals surface area contributed by atoms with Crippen LogP contribution in [0.3, 0.4) is 0 Å². The van der Waals surface area contributed by atoms with Crippen LogP contribution in [-0.4, -0.2) is 26.1 Å². The van der Waals surface area contributed by atoms with Crippen LogP contribution in [-0.2, 0) is 16.1 Å². The standard InChI is InChI=1S/C25H23NO5/c1-29-22-14-12-19(23(16-22)30-2)13-15-24(27)31-17-18-8-10-20(11-9-18)25(28)26-21-6-4-3-5-7-21/h3-16H,17H2,1-2H3,(H,26,28)/b15-13+. The lowest BCUT2D eigenvalue weighted by atomic mass is 10.1. The highest BCUT2D eigenvalue weighted by Crippen LogP contribution is 2.25. The van der Waals surface area contributed by atoms with Gasteiger partial charge in [-0.25, -0.2) is 4.79 Å². The van der Waals surface area contributed by atoms with Crippen LogP contribution in [0, 0.1) is 0 Å². The Morgan fingerprint density at radius 2 is 1.65 bits per heavy atom. The van der Waals surface area contributed by atoms with Crippen LogP contribution in [0.1, 0.15) is 21.5 Å². The Labute approximate surface area is 181 Å². The first kappa shape index (κ1) is 21.6. The Morgan fingerprint density at radius 1 is 0.903 bits per heavy atom. The van der Waals surface area contributed by atoms with Crippen LogP contribution >= 0.6 is 0 Å². The van der Waals surface area contributed by atoms with E-state index in [1.165, 1.54) is 6.08 Å². The summed E-state index contributed by atoms with van der Waals surface area (Å²) in [6.45, 7) is 0.101. The van der Waals surface area contributed by atoms with Crippen molar-refractivity contribution in [2.45, 2.75) is 6.61 Å². The second kappa shape index (κ2) is 10.6. The smallest absolute Gasteiger partial charge is 0.331 e. The summed E-state index contributed by atoms with van der Waals surface area (Å²) in [6.07, 6.45) is 2.96. The van der Waals surface area contributed by atoms with Crippen molar-refractivity contribution in [1.29, 1.82) is 0 Å². The van der Waals surface area contributed by atoms with E-state index in [2.05, 4.69) is 5.32 Å². The largest absolute Gasteiger partial charge is 0.497 e. The molecule has 31 heavy (non-hydrogen) atoms. The number of hydrogen-bond donors (Lipinski definition) is 1. The molecule has 0 unspecified atom stereocenters. The predicted molar refractivity (Wildman–Crippen MR) is 119 cm³/mol. The molecule has 0 saturated heterocycles. The minimum atomic E-state index is -0.483. The topological polar surface area (TPSA) is 73.9 Å². The highest BCUT2D eigenvalue weighted by Gasteiger charge is 2.07. The van der Waals surface area contributed by atoms with E-state index < -0.39 is 5.97 Å². The summed E-state index contributed by atoms with van der Waals surface area (Å²) >= 11 is 0. The SMILES string of the molecule is COc1ccc(/C=C/C(=O)OCc2ccc(C(=O)Nc3ccccc3)cc2)c(OC)c1. The van der Waals surface area contributed by atoms with Crippen molar-refractivity contribution in [3.63, 3.8) is 0 Å². The van der Waals surface area contributed by atoms with Crippen LogP contribution in [0.25, 0.3) is 6.08 Å². The number of carbonyl (C=O) groups is 2. The van der Waals surface area contributed by atoms with Crippen LogP contribution in [0.4, 0.5) is 5.69 Å². The molecule has 3 aromatic rings. The highest BCUT2D eigenvalue weighted by molar-refractivity contribution is 6.04. The molecule has 6 heteroatoms. The molecule has 0 aliphatic rings. The lowest BCUT2D eigenvalue weighted by Crippen LogP contribution is -2.11. The fourth-order valence-corrected chi connectivity index (χ4v) is 2.79. The van der Waals surface area contributed by atoms with E-state index in [-0.39, 0.29) is 12.5 Å². The minimum absolute atomic E-state index is 0.101. The third-order valence-electron chi connectivity index (χ3n) is 4.47. The fraction of sp³-hybridized carbons (Fsp3) is 0.120. The monoisotopic (exact) mass is 417 g/mol. The van der Waals surface area contributed by atoms with Crippen molar-refractivity contribution in [2.24, 2.45) is 0 Å². The summed E-state index contributed by atoms with van der Waals surface area (Å²) < 4.78 is 15.7. The van der Waals surface area contributed by atoms with E-state index in [0.717, 1.165) is 16.8 Å². The van der Waals surface area contributed by atoms with Gasteiger partial charge in [-0.05, 0) is 48.0 Å². The number of hydrogen-bond acceptors (Lipinski definition) is 5. The summed E-state index contributed by atoms with van der Waals surface area (Å²) in [6, 6.07) is 21.4. The van der Waals surface area contributed by atoms with Crippen molar-refractivity contribution in [2.75, 3.05) is 19.5 Å². The van der Waals surface area contributed by atoms with Crippen molar-refractivity contribution in [3.8, 4) is 11.5 Å². The molecule has 3 rings (SSSR count). The van der Waals surface area contributed by atoms with Crippen molar-refractivity contribution < 1.29 is 23.8 Å². The quantitative estimate of drug-likeness (QED) is 0.424. The first-order valence-corrected chi connectivity index (χ1v) is 9.61. The van der Waals surface area contributed by atoms with E-state index in [4.69, 9.17) is 14.2 Å². The zero-order valence-electron chi connectivity index (χ0n) is 17.3. The Morgan fingerprint density at radius 3 is 2.32 bits per heavy atom. The van der Waals surface area contributed by atoms with Gasteiger partial charge in [0.15, 0.2) is 0 Å². The van der Waals surface area contributed by atoms with E-state index in [9.17, 15) is 9.59 Å². The molecular formula is C25H23NO5. The van der Waals surface area contributed by atoms with E-state index >= 15 is 0 Å². The Kier molecular flexibility index (Phi) is 7.43. The van der Waals surface area contributed by atoms with E-state index in [1.54, 1.807) is 62.8 Å². The van der Waals surface area contributed by atoms with Gasteiger partial charge >= 0.3 is 5.97 Å². The van der Waals surface area contributed by atoms with Crippen molar-refractivity contribution in [1.82, 2.24) is 0 Å². The Bertz CT molecular complexity index is 1060. The van der Waals surface area contributed by atoms with Crippen LogP contribution in [0.5, 0.6) is 11.5 Å². The van der Waals surface area contributed by atoms with Gasteiger partial charge in [0.2, 0.25) is 0 Å². The van der Waals surface area contributed by atoms with Gasteiger partial charge in [-0.1, -0.05) is 30.3 Å². The van der Waals surface area contributed by atoms with E-state index in [0.29, 0.717) is 17.1 Å². The molecule has 0 atom stereocenters. The number of ether oxygens (including phenoxy) is 3. The number of amides is 1. The van der Waals surface area contributed by atoms with Gasteiger partial charge in [0, 0.05) is 29.0 Å². The van der Waals surface area contributed by atoms with Gasteiger partial charge in [-0.3, -0.25) is 4.79 Å². The minimum Gasteiger partial charge on any atom is -0.497 e. The van der Waals surface area contributed by atoms with Gasteiger partial charge in [0.25, 0.3) is 5.91 Å². The average molecular weight is 417 g/mol. The van der Waals surface area contributed by atoms with Crippen LogP contribution in [0.2, 0.25) is 0 Å². The maximum absolute atomic E-state index is 12.3. The van der Waals surface area contributed by atoms with Gasteiger partial charge in [0.05, 0.1) is 14.2 Å². The first-order chi connectivity index (χ1) is 15.1. The zero-order chi connectivity index (χ0) is 22.1. The summed E-state index contributed by atoms with van der Waals surface area (Å²) in [4.78, 5) is 24.3. The number of carbonyl (C=O) groups excluding carboxylic acids is 2. The average Bonchev–Trinajstić information content (AvgIpc) is 2.82. The number of rotatable bonds is 8. The molecule has 0 radical (unpaired) electrons. The summed E-state index contributed by atoms with van der Waals surface area (Å²) in [7, 11) is 3.12. The molecule has 0 aromatic heterocycles. The summed E-state index contributed by atoms with van der Waals surface area (Å²) in [5, 5.41) is 2.83. The number of nitrogens with one attached hydrogen (secondary N) is 1. The van der Waals surface area contributed by atoms with E-state index in [1.807, 2.05) is 30.3 Å². The molecule has 0 saturated carbocycles. The lowest BCUT2D eigenvalue weighted by molar-refractivity contribution is -0.138. The maximum atomic E-state index is 12.3. The normalized spacial score (nSPS) is 10.5. The van der Waals surface area contributed by atoms with Crippen molar-refractivity contribution >= 4 is 23.6 Å². The lowest BCUT2D eigenvalue weighted by Gasteiger charge is -2.07. The molecule has 0 heterocycles. The second-order valence-corrected chi connectivity index (χ2v) is 6.57. The molecule has 158 valence electrons. The molecule has 0 spiro atoms. The molecular weight excluding hydrogens is 394 g/mol. The number of anilines is 1. The van der Waals surface area contributed by atoms with Gasteiger partial charge in [0.1, 0.15) is 18.1 Å². The van der Waals surface area contributed by atoms with Crippen LogP contribution in [0.15, 0.2) is 78.9 Å². The maximum Gasteiger partial charge on any atom is 0.331 e. The van der Waals surface area contributed by atoms with Gasteiger partial charge in [-0.2, -0.15) is 0 Å². The number of para-hydroxylation sites is 1. The molecule has 1 N–H and O–H groups in total. The second-order valence-electron chi connectivity index (χ2n) is 6.57. The van der Waals surface area contributed by atoms with Gasteiger partial charge in [-0.15, -0.1) is 0 Å². The number of methoxy groups -OCH3 is 2. The molecule has 3 aromatic carbocycles. The zero-order valence-corrected chi connectivity index (χ0v) is 17.3.